The number of amides is 1. The zero-order valence-corrected chi connectivity index (χ0v) is 9.80. The molecule has 1 aromatic heterocycles. The second-order valence-corrected chi connectivity index (χ2v) is 3.93. The average Bonchev–Trinajstić information content (AvgIpc) is 2.30. The predicted octanol–water partition coefficient (Wildman–Crippen LogP) is 0.850. The maximum Gasteiger partial charge on any atom is 0.329 e. The minimum absolute atomic E-state index is 0.107. The largest absolute Gasteiger partial charge is 0.480 e. The Labute approximate surface area is 99.1 Å². The summed E-state index contributed by atoms with van der Waals surface area (Å²) in [6.07, 6.45) is 5.13. The van der Waals surface area contributed by atoms with Crippen molar-refractivity contribution < 1.29 is 14.7 Å². The predicted molar refractivity (Wildman–Crippen MR) is 60.4 cm³/mol. The van der Waals surface area contributed by atoms with Crippen molar-refractivity contribution in [1.82, 2.24) is 15.3 Å². The minimum Gasteiger partial charge on any atom is -0.480 e. The summed E-state index contributed by atoms with van der Waals surface area (Å²) in [6.45, 7) is 3.34. The van der Waals surface area contributed by atoms with Gasteiger partial charge in [-0.05, 0) is 13.3 Å². The molecule has 0 spiro atoms. The molecule has 1 unspecified atom stereocenters. The lowest BCUT2D eigenvalue weighted by Crippen LogP contribution is -2.52. The van der Waals surface area contributed by atoms with E-state index in [1.54, 1.807) is 0 Å². The first kappa shape index (κ1) is 13.1. The van der Waals surface area contributed by atoms with Gasteiger partial charge in [-0.15, -0.1) is 0 Å². The number of aliphatic carboxylic acids is 1. The molecule has 0 aliphatic rings. The second-order valence-electron chi connectivity index (χ2n) is 3.93. The molecule has 0 fully saturated rings. The molecule has 92 valence electrons. The van der Waals surface area contributed by atoms with Crippen LogP contribution in [0.4, 0.5) is 0 Å². The second kappa shape index (κ2) is 5.38. The van der Waals surface area contributed by atoms with E-state index in [9.17, 15) is 9.59 Å². The van der Waals surface area contributed by atoms with Gasteiger partial charge in [0.1, 0.15) is 11.2 Å². The lowest BCUT2D eigenvalue weighted by Gasteiger charge is -2.25. The number of hydrogen-bond acceptors (Lipinski definition) is 4. The van der Waals surface area contributed by atoms with Crippen molar-refractivity contribution in [2.45, 2.75) is 32.2 Å². The monoisotopic (exact) mass is 237 g/mol. The molecule has 6 heteroatoms. The van der Waals surface area contributed by atoms with E-state index in [1.165, 1.54) is 25.5 Å². The zero-order chi connectivity index (χ0) is 12.9. The van der Waals surface area contributed by atoms with E-state index >= 15 is 0 Å². The maximum absolute atomic E-state index is 11.8. The average molecular weight is 237 g/mol. The highest BCUT2D eigenvalue weighted by atomic mass is 16.4. The van der Waals surface area contributed by atoms with Crippen molar-refractivity contribution in [3.8, 4) is 0 Å². The fraction of sp³-hybridized carbons (Fsp3) is 0.455. The summed E-state index contributed by atoms with van der Waals surface area (Å²) >= 11 is 0. The third-order valence-electron chi connectivity index (χ3n) is 2.41. The van der Waals surface area contributed by atoms with Crippen LogP contribution in [0.25, 0.3) is 0 Å². The molecule has 6 nitrogen and oxygen atoms in total. The molecule has 0 aromatic carbocycles. The van der Waals surface area contributed by atoms with Gasteiger partial charge in [0.25, 0.3) is 5.91 Å². The smallest absolute Gasteiger partial charge is 0.329 e. The van der Waals surface area contributed by atoms with Crippen LogP contribution in [0.15, 0.2) is 18.6 Å². The van der Waals surface area contributed by atoms with Crippen LogP contribution in [0.2, 0.25) is 0 Å². The molecule has 1 atom stereocenters. The Hall–Kier alpha value is -1.98. The fourth-order valence-electron chi connectivity index (χ4n) is 1.45. The Bertz CT molecular complexity index is 408. The number of carboxylic acid groups (broad SMARTS) is 1. The Morgan fingerprint density at radius 2 is 2.18 bits per heavy atom. The molecule has 0 saturated heterocycles. The number of carbonyl (C=O) groups is 2. The van der Waals surface area contributed by atoms with Crippen LogP contribution in [0.5, 0.6) is 0 Å². The van der Waals surface area contributed by atoms with Crippen molar-refractivity contribution in [3.63, 3.8) is 0 Å². The van der Waals surface area contributed by atoms with Gasteiger partial charge in [-0.25, -0.2) is 9.78 Å². The molecule has 1 aromatic rings. The van der Waals surface area contributed by atoms with Gasteiger partial charge in [0, 0.05) is 12.4 Å². The van der Waals surface area contributed by atoms with Crippen LogP contribution in [-0.2, 0) is 4.79 Å². The van der Waals surface area contributed by atoms with Gasteiger partial charge in [-0.3, -0.25) is 9.78 Å². The van der Waals surface area contributed by atoms with Crippen LogP contribution in [0.3, 0.4) is 0 Å². The van der Waals surface area contributed by atoms with Crippen molar-refractivity contribution in [2.75, 3.05) is 0 Å². The molecule has 1 heterocycles. The van der Waals surface area contributed by atoms with Gasteiger partial charge in [0.2, 0.25) is 0 Å². The zero-order valence-electron chi connectivity index (χ0n) is 9.80. The minimum atomic E-state index is -1.27. The van der Waals surface area contributed by atoms with E-state index in [0.29, 0.717) is 12.8 Å². The molecule has 0 radical (unpaired) electrons. The lowest BCUT2D eigenvalue weighted by molar-refractivity contribution is -0.144. The Balaban J connectivity index is 2.82. The van der Waals surface area contributed by atoms with Crippen LogP contribution in [-0.4, -0.2) is 32.5 Å². The molecule has 0 saturated carbocycles. The Morgan fingerprint density at radius 1 is 1.47 bits per heavy atom. The topological polar surface area (TPSA) is 92.2 Å². The van der Waals surface area contributed by atoms with Crippen LogP contribution in [0, 0.1) is 0 Å². The number of aromatic nitrogens is 2. The first-order valence-corrected chi connectivity index (χ1v) is 5.31. The van der Waals surface area contributed by atoms with Crippen LogP contribution in [0.1, 0.15) is 37.2 Å². The Morgan fingerprint density at radius 3 is 2.65 bits per heavy atom. The van der Waals surface area contributed by atoms with E-state index in [1.807, 2.05) is 6.92 Å². The third-order valence-corrected chi connectivity index (χ3v) is 2.41. The van der Waals surface area contributed by atoms with Crippen LogP contribution < -0.4 is 5.32 Å². The molecular weight excluding hydrogens is 222 g/mol. The molecule has 0 aliphatic carbocycles. The Kier molecular flexibility index (Phi) is 4.14. The summed E-state index contributed by atoms with van der Waals surface area (Å²) in [4.78, 5) is 30.5. The summed E-state index contributed by atoms with van der Waals surface area (Å²) in [6, 6.07) is 0. The van der Waals surface area contributed by atoms with E-state index in [-0.39, 0.29) is 5.69 Å². The normalized spacial score (nSPS) is 13.8. The summed E-state index contributed by atoms with van der Waals surface area (Å²) in [7, 11) is 0. The molecule has 0 aliphatic heterocycles. The standard InChI is InChI=1S/C11H15N3O3/c1-3-4-11(2,10(16)17)14-9(15)8-7-12-5-6-13-8/h5-7H,3-4H2,1-2H3,(H,14,15)(H,16,17). The van der Waals surface area contributed by atoms with E-state index in [0.717, 1.165) is 0 Å². The van der Waals surface area contributed by atoms with Gasteiger partial charge in [-0.1, -0.05) is 13.3 Å². The highest BCUT2D eigenvalue weighted by molar-refractivity contribution is 5.95. The van der Waals surface area contributed by atoms with Crippen molar-refractivity contribution >= 4 is 11.9 Å². The van der Waals surface area contributed by atoms with Crippen molar-refractivity contribution in [3.05, 3.63) is 24.3 Å². The van der Waals surface area contributed by atoms with Crippen LogP contribution >= 0.6 is 0 Å². The number of nitrogens with zero attached hydrogens (tertiary/aromatic N) is 2. The summed E-state index contributed by atoms with van der Waals surface area (Å²) in [5.41, 5.74) is -1.17. The first-order chi connectivity index (χ1) is 7.99. The highest BCUT2D eigenvalue weighted by Crippen LogP contribution is 2.13. The third kappa shape index (κ3) is 3.24. The van der Waals surface area contributed by atoms with E-state index < -0.39 is 17.4 Å². The van der Waals surface area contributed by atoms with Gasteiger partial charge in [0.15, 0.2) is 0 Å². The highest BCUT2D eigenvalue weighted by Gasteiger charge is 2.34. The van der Waals surface area contributed by atoms with E-state index in [2.05, 4.69) is 15.3 Å². The first-order valence-electron chi connectivity index (χ1n) is 5.31. The van der Waals surface area contributed by atoms with E-state index in [4.69, 9.17) is 5.11 Å². The molecule has 2 N–H and O–H groups in total. The van der Waals surface area contributed by atoms with Crippen molar-refractivity contribution in [1.29, 1.82) is 0 Å². The fourth-order valence-corrected chi connectivity index (χ4v) is 1.45. The number of hydrogen-bond donors (Lipinski definition) is 2. The molecule has 1 rings (SSSR count). The number of carbonyl (C=O) groups excluding carboxylic acids is 1. The quantitative estimate of drug-likeness (QED) is 0.792. The molecular formula is C11H15N3O3. The number of nitrogens with one attached hydrogen (secondary N) is 1. The molecule has 0 bridgehead atoms. The SMILES string of the molecule is CCCC(C)(NC(=O)c1cnccn1)C(=O)O. The molecule has 1 amide bonds. The summed E-state index contributed by atoms with van der Waals surface area (Å²) in [5.74, 6) is -1.59. The number of rotatable bonds is 5. The van der Waals surface area contributed by atoms with Crippen molar-refractivity contribution in [2.24, 2.45) is 0 Å². The summed E-state index contributed by atoms with van der Waals surface area (Å²) in [5, 5.41) is 11.6. The lowest BCUT2D eigenvalue weighted by atomic mass is 9.96. The summed E-state index contributed by atoms with van der Waals surface area (Å²) < 4.78 is 0. The van der Waals surface area contributed by atoms with Gasteiger partial charge in [-0.2, -0.15) is 0 Å². The number of carboxylic acids is 1. The van der Waals surface area contributed by atoms with Gasteiger partial charge >= 0.3 is 5.97 Å². The van der Waals surface area contributed by atoms with Gasteiger partial charge < -0.3 is 10.4 Å². The molecule has 17 heavy (non-hydrogen) atoms. The van der Waals surface area contributed by atoms with Gasteiger partial charge in [0.05, 0.1) is 6.20 Å². The maximum atomic E-state index is 11.8.